The van der Waals surface area contributed by atoms with Crippen molar-refractivity contribution in [3.05, 3.63) is 0 Å². The van der Waals surface area contributed by atoms with Crippen LogP contribution in [0.1, 0.15) is 45.4 Å². The summed E-state index contributed by atoms with van der Waals surface area (Å²) in [4.78, 5) is 13.9. The number of hydrogen-bond donors (Lipinski definition) is 1. The van der Waals surface area contributed by atoms with E-state index in [9.17, 15) is 9.90 Å². The Kier molecular flexibility index (Phi) is 4.53. The van der Waals surface area contributed by atoms with Crippen LogP contribution in [-0.4, -0.2) is 58.8 Å². The summed E-state index contributed by atoms with van der Waals surface area (Å²) in [6.45, 7) is 4.63. The molecule has 3 heterocycles. The molecule has 0 saturated carbocycles. The van der Waals surface area contributed by atoms with Gasteiger partial charge in [0.1, 0.15) is 0 Å². The van der Waals surface area contributed by atoms with E-state index < -0.39 is 11.4 Å². The first-order valence-electron chi connectivity index (χ1n) is 8.22. The monoisotopic (exact) mass is 313 g/mol. The third kappa shape index (κ3) is 3.25. The molecule has 3 fully saturated rings. The van der Waals surface area contributed by atoms with Crippen LogP contribution in [0.15, 0.2) is 0 Å². The van der Waals surface area contributed by atoms with Gasteiger partial charge in [0.2, 0.25) is 0 Å². The fourth-order valence-corrected chi connectivity index (χ4v) is 5.24. The van der Waals surface area contributed by atoms with Gasteiger partial charge in [0.25, 0.3) is 0 Å². The highest BCUT2D eigenvalue weighted by Gasteiger charge is 2.43. The Labute approximate surface area is 131 Å². The maximum absolute atomic E-state index is 11.4. The second kappa shape index (κ2) is 6.09. The van der Waals surface area contributed by atoms with Gasteiger partial charge in [-0.25, -0.2) is 0 Å². The summed E-state index contributed by atoms with van der Waals surface area (Å²) in [6.07, 6.45) is 6.20. The Morgan fingerprint density at radius 2 is 1.90 bits per heavy atom. The number of hydrogen-bond acceptors (Lipinski definition) is 4. The lowest BCUT2D eigenvalue weighted by atomic mass is 9.78. The smallest absolute Gasteiger partial charge is 0.309 e. The molecule has 21 heavy (non-hydrogen) atoms. The number of aliphatic carboxylic acids is 1. The number of thioether (sulfide) groups is 1. The molecule has 0 aromatic carbocycles. The Balaban J connectivity index is 1.59. The van der Waals surface area contributed by atoms with Gasteiger partial charge in [0.05, 0.1) is 11.0 Å². The van der Waals surface area contributed by atoms with Gasteiger partial charge >= 0.3 is 5.97 Å². The normalized spacial score (nSPS) is 32.9. The minimum absolute atomic E-state index is 0.127. The van der Waals surface area contributed by atoms with Gasteiger partial charge in [-0.15, -0.1) is 0 Å². The van der Waals surface area contributed by atoms with Crippen molar-refractivity contribution in [2.45, 2.75) is 57.1 Å². The van der Waals surface area contributed by atoms with Crippen LogP contribution >= 0.6 is 11.8 Å². The van der Waals surface area contributed by atoms with E-state index in [1.165, 1.54) is 24.3 Å². The minimum Gasteiger partial charge on any atom is -0.481 e. The van der Waals surface area contributed by atoms with E-state index >= 15 is 0 Å². The van der Waals surface area contributed by atoms with Gasteiger partial charge in [-0.3, -0.25) is 4.79 Å². The topological polar surface area (TPSA) is 49.8 Å². The number of piperidine rings is 1. The number of likely N-dealkylation sites (tertiary alicyclic amines) is 1. The van der Waals surface area contributed by atoms with Crippen molar-refractivity contribution in [3.8, 4) is 0 Å². The average Bonchev–Trinajstić information content (AvgIpc) is 2.49. The molecular formula is C16H27NO3S. The molecule has 4 nitrogen and oxygen atoms in total. The molecule has 0 aliphatic carbocycles. The summed E-state index contributed by atoms with van der Waals surface area (Å²) in [6, 6.07) is 0.597. The molecule has 3 saturated heterocycles. The third-order valence-corrected chi connectivity index (χ3v) is 6.79. The van der Waals surface area contributed by atoms with Crippen LogP contribution < -0.4 is 0 Å². The molecule has 0 amide bonds. The van der Waals surface area contributed by atoms with Gasteiger partial charge in [-0.05, 0) is 70.0 Å². The fourth-order valence-electron chi connectivity index (χ4n) is 4.00. The van der Waals surface area contributed by atoms with Crippen LogP contribution in [0.3, 0.4) is 0 Å². The summed E-state index contributed by atoms with van der Waals surface area (Å²) in [5.74, 6) is 1.82. The SMILES string of the molecule is CC1(C(=O)O)CCN(C2CCOC3(CCSCC3)C2)CC1. The van der Waals surface area contributed by atoms with Crippen LogP contribution in [0, 0.1) is 5.41 Å². The zero-order valence-corrected chi connectivity index (χ0v) is 13.8. The summed E-state index contributed by atoms with van der Waals surface area (Å²) < 4.78 is 6.17. The number of carbonyl (C=O) groups is 1. The third-order valence-electron chi connectivity index (χ3n) is 5.81. The Bertz CT molecular complexity index is 381. The minimum atomic E-state index is -0.630. The van der Waals surface area contributed by atoms with Crippen molar-refractivity contribution >= 4 is 17.7 Å². The van der Waals surface area contributed by atoms with E-state index in [0.717, 1.165) is 45.4 Å². The van der Waals surface area contributed by atoms with Crippen molar-refractivity contribution in [2.75, 3.05) is 31.2 Å². The molecule has 0 bridgehead atoms. The van der Waals surface area contributed by atoms with Crippen molar-refractivity contribution in [1.29, 1.82) is 0 Å². The van der Waals surface area contributed by atoms with Crippen LogP contribution in [0.4, 0.5) is 0 Å². The summed E-state index contributed by atoms with van der Waals surface area (Å²) in [5.41, 5.74) is -0.386. The summed E-state index contributed by atoms with van der Waals surface area (Å²) in [7, 11) is 0. The van der Waals surface area contributed by atoms with E-state index in [1.54, 1.807) is 0 Å². The molecule has 1 atom stereocenters. The molecular weight excluding hydrogens is 286 g/mol. The lowest BCUT2D eigenvalue weighted by molar-refractivity contribution is -0.153. The molecule has 3 aliphatic rings. The predicted molar refractivity (Wildman–Crippen MR) is 84.8 cm³/mol. The maximum Gasteiger partial charge on any atom is 0.309 e. The highest BCUT2D eigenvalue weighted by Crippen LogP contribution is 2.40. The number of rotatable bonds is 2. The first-order valence-corrected chi connectivity index (χ1v) is 9.38. The van der Waals surface area contributed by atoms with Gasteiger partial charge < -0.3 is 14.7 Å². The summed E-state index contributed by atoms with van der Waals surface area (Å²) >= 11 is 2.04. The molecule has 1 unspecified atom stereocenters. The molecule has 5 heteroatoms. The van der Waals surface area contributed by atoms with Crippen LogP contribution in [-0.2, 0) is 9.53 Å². The van der Waals surface area contributed by atoms with Crippen molar-refractivity contribution in [1.82, 2.24) is 4.90 Å². The largest absolute Gasteiger partial charge is 0.481 e. The van der Waals surface area contributed by atoms with Crippen LogP contribution in [0.25, 0.3) is 0 Å². The van der Waals surface area contributed by atoms with Crippen molar-refractivity contribution < 1.29 is 14.6 Å². The first kappa shape index (κ1) is 15.6. The predicted octanol–water partition coefficient (Wildman–Crippen LogP) is 2.62. The lowest BCUT2D eigenvalue weighted by Crippen LogP contribution is -2.53. The molecule has 0 radical (unpaired) electrons. The van der Waals surface area contributed by atoms with Crippen LogP contribution in [0.2, 0.25) is 0 Å². The number of ether oxygens (including phenoxy) is 1. The summed E-state index contributed by atoms with van der Waals surface area (Å²) in [5, 5.41) is 9.35. The maximum atomic E-state index is 11.4. The van der Waals surface area contributed by atoms with E-state index in [4.69, 9.17) is 4.74 Å². The van der Waals surface area contributed by atoms with E-state index in [2.05, 4.69) is 4.90 Å². The highest BCUT2D eigenvalue weighted by molar-refractivity contribution is 7.99. The zero-order chi connectivity index (χ0) is 14.9. The van der Waals surface area contributed by atoms with E-state index in [0.29, 0.717) is 6.04 Å². The van der Waals surface area contributed by atoms with E-state index in [-0.39, 0.29) is 5.60 Å². The lowest BCUT2D eigenvalue weighted by Gasteiger charge is -2.48. The van der Waals surface area contributed by atoms with Gasteiger partial charge in [0, 0.05) is 12.6 Å². The second-order valence-corrected chi connectivity index (χ2v) is 8.42. The molecule has 1 spiro atoms. The average molecular weight is 313 g/mol. The zero-order valence-electron chi connectivity index (χ0n) is 13.0. The van der Waals surface area contributed by atoms with Gasteiger partial charge in [-0.1, -0.05) is 0 Å². The Hall–Kier alpha value is -0.260. The van der Waals surface area contributed by atoms with E-state index in [1.807, 2.05) is 18.7 Å². The van der Waals surface area contributed by atoms with Gasteiger partial charge in [0.15, 0.2) is 0 Å². The second-order valence-electron chi connectivity index (χ2n) is 7.19. The molecule has 0 aromatic heterocycles. The number of carboxylic acid groups (broad SMARTS) is 1. The number of nitrogens with zero attached hydrogens (tertiary/aromatic N) is 1. The molecule has 3 aliphatic heterocycles. The first-order chi connectivity index (χ1) is 10.0. The van der Waals surface area contributed by atoms with Crippen molar-refractivity contribution in [2.24, 2.45) is 5.41 Å². The molecule has 3 rings (SSSR count). The van der Waals surface area contributed by atoms with Crippen molar-refractivity contribution in [3.63, 3.8) is 0 Å². The fraction of sp³-hybridized carbons (Fsp3) is 0.938. The number of carboxylic acids is 1. The standard InChI is InChI=1S/C16H27NO3S/c1-15(14(18)19)3-7-17(8-4-15)13-2-9-20-16(12-13)5-10-21-11-6-16/h13H,2-12H2,1H3,(H,18,19). The highest BCUT2D eigenvalue weighted by atomic mass is 32.2. The van der Waals surface area contributed by atoms with Gasteiger partial charge in [-0.2, -0.15) is 11.8 Å². The molecule has 0 aromatic rings. The Morgan fingerprint density at radius 3 is 2.52 bits per heavy atom. The van der Waals surface area contributed by atoms with Crippen LogP contribution in [0.5, 0.6) is 0 Å². The quantitative estimate of drug-likeness (QED) is 0.849. The Morgan fingerprint density at radius 1 is 1.24 bits per heavy atom. The molecule has 1 N–H and O–H groups in total. The molecule has 120 valence electrons.